The van der Waals surface area contributed by atoms with E-state index in [1.807, 2.05) is 39.2 Å². The summed E-state index contributed by atoms with van der Waals surface area (Å²) in [6.45, 7) is 14.1. The molecule has 9 heteroatoms. The summed E-state index contributed by atoms with van der Waals surface area (Å²) in [5.74, 6) is 0.000639. The molecule has 0 saturated carbocycles. The predicted octanol–water partition coefficient (Wildman–Crippen LogP) is 5.01. The van der Waals surface area contributed by atoms with Crippen LogP contribution in [0.2, 0.25) is 0 Å². The zero-order valence-corrected chi connectivity index (χ0v) is 23.9. The van der Waals surface area contributed by atoms with Crippen LogP contribution in [0.15, 0.2) is 46.3 Å². The zero-order valence-electron chi connectivity index (χ0n) is 22.2. The van der Waals surface area contributed by atoms with Crippen molar-refractivity contribution in [1.29, 1.82) is 0 Å². The highest BCUT2D eigenvalue weighted by molar-refractivity contribution is 7.89. The van der Waals surface area contributed by atoms with Crippen molar-refractivity contribution in [2.45, 2.75) is 53.0 Å². The Hall–Kier alpha value is -2.33. The van der Waals surface area contributed by atoms with Gasteiger partial charge in [0.1, 0.15) is 0 Å². The van der Waals surface area contributed by atoms with E-state index in [0.717, 1.165) is 21.3 Å². The number of rotatable bonds is 10. The fourth-order valence-corrected chi connectivity index (χ4v) is 7.02. The van der Waals surface area contributed by atoms with Crippen LogP contribution in [0.3, 0.4) is 0 Å². The largest absolute Gasteiger partial charge is 0.383 e. The van der Waals surface area contributed by atoms with Gasteiger partial charge in [-0.25, -0.2) is 8.42 Å². The van der Waals surface area contributed by atoms with Crippen molar-refractivity contribution in [3.8, 4) is 0 Å². The third-order valence-corrected chi connectivity index (χ3v) is 8.78. The first-order valence-corrected chi connectivity index (χ1v) is 14.5. The summed E-state index contributed by atoms with van der Waals surface area (Å²) in [6, 6.07) is 10.3. The van der Waals surface area contributed by atoms with Crippen LogP contribution in [0.25, 0.3) is 10.2 Å². The van der Waals surface area contributed by atoms with E-state index >= 15 is 0 Å². The maximum Gasteiger partial charge on any atom is 0.279 e. The van der Waals surface area contributed by atoms with Gasteiger partial charge in [-0.05, 0) is 67.1 Å². The fourth-order valence-electron chi connectivity index (χ4n) is 4.15. The van der Waals surface area contributed by atoms with Gasteiger partial charge < -0.3 is 9.30 Å². The SMILES string of the molecule is COCCn1c(=NC(=O)c2ccc(S(=O)(=O)N(CC(C)C)CC(C)C)cc2)sc2c(C)cc(C)cc21. The molecule has 2 aromatic carbocycles. The molecule has 0 unspecified atom stereocenters. The molecule has 3 rings (SSSR count). The Bertz CT molecular complexity index is 1370. The van der Waals surface area contributed by atoms with Crippen LogP contribution >= 0.6 is 11.3 Å². The van der Waals surface area contributed by atoms with Crippen molar-refractivity contribution in [3.63, 3.8) is 0 Å². The molecule has 3 aromatic rings. The summed E-state index contributed by atoms with van der Waals surface area (Å²) >= 11 is 1.47. The molecule has 0 radical (unpaired) electrons. The first kappa shape index (κ1) is 28.2. The van der Waals surface area contributed by atoms with Crippen LogP contribution in [0.5, 0.6) is 0 Å². The van der Waals surface area contributed by atoms with Crippen molar-refractivity contribution in [2.24, 2.45) is 16.8 Å². The lowest BCUT2D eigenvalue weighted by atomic mass is 10.1. The van der Waals surface area contributed by atoms with Gasteiger partial charge in [0.2, 0.25) is 10.0 Å². The Morgan fingerprint density at radius 3 is 2.22 bits per heavy atom. The molecule has 0 spiro atoms. The number of nitrogens with zero attached hydrogens (tertiary/aromatic N) is 3. The van der Waals surface area contributed by atoms with Crippen molar-refractivity contribution < 1.29 is 17.9 Å². The average molecular weight is 532 g/mol. The fraction of sp³-hybridized carbons (Fsp3) is 0.481. The van der Waals surface area contributed by atoms with E-state index in [4.69, 9.17) is 4.74 Å². The van der Waals surface area contributed by atoms with E-state index in [2.05, 4.69) is 24.0 Å². The van der Waals surface area contributed by atoms with Gasteiger partial charge in [-0.1, -0.05) is 45.1 Å². The minimum atomic E-state index is -3.66. The lowest BCUT2D eigenvalue weighted by molar-refractivity contribution is 0.0997. The number of carbonyl (C=O) groups excluding carboxylic acids is 1. The lowest BCUT2D eigenvalue weighted by Gasteiger charge is -2.25. The topological polar surface area (TPSA) is 81.0 Å². The van der Waals surface area contributed by atoms with Gasteiger partial charge in [-0.15, -0.1) is 0 Å². The van der Waals surface area contributed by atoms with E-state index in [1.54, 1.807) is 19.2 Å². The molecule has 36 heavy (non-hydrogen) atoms. The van der Waals surface area contributed by atoms with Gasteiger partial charge in [0.25, 0.3) is 5.91 Å². The second-order valence-corrected chi connectivity index (χ2v) is 12.9. The van der Waals surface area contributed by atoms with Crippen LogP contribution in [-0.2, 0) is 21.3 Å². The molecule has 0 fully saturated rings. The van der Waals surface area contributed by atoms with E-state index in [0.29, 0.717) is 36.6 Å². The maximum atomic E-state index is 13.3. The molecule has 196 valence electrons. The number of carbonyl (C=O) groups is 1. The number of ether oxygens (including phenoxy) is 1. The maximum absolute atomic E-state index is 13.3. The third kappa shape index (κ3) is 6.51. The summed E-state index contributed by atoms with van der Waals surface area (Å²) in [4.78, 5) is 18.3. The Morgan fingerprint density at radius 2 is 1.67 bits per heavy atom. The number of aromatic nitrogens is 1. The number of benzene rings is 2. The molecule has 0 bridgehead atoms. The second-order valence-electron chi connectivity index (χ2n) is 10.0. The Kier molecular flexibility index (Phi) is 9.27. The number of amides is 1. The van der Waals surface area contributed by atoms with Gasteiger partial charge in [-0.2, -0.15) is 9.30 Å². The Morgan fingerprint density at radius 1 is 1.06 bits per heavy atom. The number of methoxy groups -OCH3 is 1. The molecule has 0 atom stereocenters. The molecule has 0 aliphatic heterocycles. The van der Waals surface area contributed by atoms with E-state index in [1.165, 1.54) is 27.8 Å². The quantitative estimate of drug-likeness (QED) is 0.368. The van der Waals surface area contributed by atoms with Gasteiger partial charge in [0.15, 0.2) is 4.80 Å². The van der Waals surface area contributed by atoms with Crippen LogP contribution in [0.4, 0.5) is 0 Å². The molecule has 0 aliphatic carbocycles. The van der Waals surface area contributed by atoms with Crippen LogP contribution < -0.4 is 4.80 Å². The molecular weight excluding hydrogens is 494 g/mol. The first-order chi connectivity index (χ1) is 16.9. The number of aryl methyl sites for hydroxylation is 2. The van der Waals surface area contributed by atoms with Crippen LogP contribution in [-0.4, -0.2) is 50.0 Å². The third-order valence-electron chi connectivity index (χ3n) is 5.71. The highest BCUT2D eigenvalue weighted by atomic mass is 32.2. The smallest absolute Gasteiger partial charge is 0.279 e. The van der Waals surface area contributed by atoms with E-state index in [-0.39, 0.29) is 16.7 Å². The number of fused-ring (bicyclic) bond motifs is 1. The number of hydrogen-bond donors (Lipinski definition) is 0. The Labute approximate surface area is 218 Å². The molecule has 0 aliphatic rings. The van der Waals surface area contributed by atoms with Crippen LogP contribution in [0, 0.1) is 25.7 Å². The minimum absolute atomic E-state index is 0.184. The predicted molar refractivity (Wildman–Crippen MR) is 146 cm³/mol. The average Bonchev–Trinajstić information content (AvgIpc) is 3.13. The first-order valence-electron chi connectivity index (χ1n) is 12.2. The summed E-state index contributed by atoms with van der Waals surface area (Å²) in [6.07, 6.45) is 0. The molecule has 1 amide bonds. The van der Waals surface area contributed by atoms with Crippen molar-refractivity contribution >= 4 is 37.5 Å². The van der Waals surface area contributed by atoms with Crippen molar-refractivity contribution in [2.75, 3.05) is 26.8 Å². The standard InChI is InChI=1S/C27H37N3O4S2/c1-18(2)16-29(17-19(3)4)36(32,33)23-10-8-22(9-11-23)26(31)28-27-30(12-13-34-7)24-15-20(5)14-21(6)25(24)35-27/h8-11,14-15,18-19H,12-13,16-17H2,1-7H3. The van der Waals surface area contributed by atoms with Gasteiger partial charge >= 0.3 is 0 Å². The highest BCUT2D eigenvalue weighted by Gasteiger charge is 2.26. The van der Waals surface area contributed by atoms with Gasteiger partial charge in [0, 0.05) is 32.3 Å². The summed E-state index contributed by atoms with van der Waals surface area (Å²) < 4.78 is 36.5. The summed E-state index contributed by atoms with van der Waals surface area (Å²) in [5, 5.41) is 0. The number of thiazole rings is 1. The minimum Gasteiger partial charge on any atom is -0.383 e. The van der Waals surface area contributed by atoms with Gasteiger partial charge in [0.05, 0.1) is 21.7 Å². The molecular formula is C27H37N3O4S2. The van der Waals surface area contributed by atoms with Crippen molar-refractivity contribution in [3.05, 3.63) is 57.9 Å². The van der Waals surface area contributed by atoms with E-state index in [9.17, 15) is 13.2 Å². The highest BCUT2D eigenvalue weighted by Crippen LogP contribution is 2.24. The van der Waals surface area contributed by atoms with E-state index < -0.39 is 15.9 Å². The number of hydrogen-bond acceptors (Lipinski definition) is 5. The normalized spacial score (nSPS) is 13.0. The second kappa shape index (κ2) is 11.8. The van der Waals surface area contributed by atoms with Crippen molar-refractivity contribution in [1.82, 2.24) is 8.87 Å². The molecule has 0 saturated heterocycles. The monoisotopic (exact) mass is 531 g/mol. The number of sulfonamides is 1. The summed E-state index contributed by atoms with van der Waals surface area (Å²) in [7, 11) is -2.01. The molecule has 1 heterocycles. The zero-order chi connectivity index (χ0) is 26.6. The Balaban J connectivity index is 1.97. The molecule has 1 aromatic heterocycles. The summed E-state index contributed by atoms with van der Waals surface area (Å²) in [5.41, 5.74) is 3.65. The molecule has 0 N–H and O–H groups in total. The van der Waals surface area contributed by atoms with Crippen LogP contribution in [0.1, 0.15) is 49.2 Å². The lowest BCUT2D eigenvalue weighted by Crippen LogP contribution is -2.37. The van der Waals surface area contributed by atoms with Gasteiger partial charge in [-0.3, -0.25) is 4.79 Å². The molecule has 7 nitrogen and oxygen atoms in total.